The highest BCUT2D eigenvalue weighted by molar-refractivity contribution is 5.81. The third kappa shape index (κ3) is 13.5. The zero-order valence-electron chi connectivity index (χ0n) is 42.5. The summed E-state index contributed by atoms with van der Waals surface area (Å²) in [6.07, 6.45) is 14.3. The van der Waals surface area contributed by atoms with E-state index in [9.17, 15) is 9.59 Å². The van der Waals surface area contributed by atoms with Crippen LogP contribution in [0.15, 0.2) is 97.1 Å². The molecule has 70 heavy (non-hydrogen) atoms. The first-order valence-electron chi connectivity index (χ1n) is 26.0. The minimum atomic E-state index is -0.704. The van der Waals surface area contributed by atoms with Gasteiger partial charge in [0.05, 0.1) is 34.2 Å². The van der Waals surface area contributed by atoms with Gasteiger partial charge in [-0.25, -0.2) is 19.9 Å². The number of nitrogens with zero attached hydrogens (tertiary/aromatic N) is 6. The fraction of sp³-hybridized carbons (Fsp3) is 0.433. The highest BCUT2D eigenvalue weighted by atomic mass is 16.4. The van der Waals surface area contributed by atoms with Crippen molar-refractivity contribution in [3.05, 3.63) is 131 Å². The number of aromatic nitrogens is 4. The maximum absolute atomic E-state index is 10.8. The number of unbranched alkanes of at least 4 members (excludes halogenated alkanes) is 6. The van der Waals surface area contributed by atoms with Crippen LogP contribution in [0.1, 0.15) is 137 Å². The van der Waals surface area contributed by atoms with Crippen LogP contribution >= 0.6 is 0 Å². The number of benzene rings is 4. The third-order valence-electron chi connectivity index (χ3n) is 14.1. The zero-order chi connectivity index (χ0) is 49.6. The van der Waals surface area contributed by atoms with Crippen LogP contribution in [-0.2, 0) is 22.4 Å². The van der Waals surface area contributed by atoms with Crippen molar-refractivity contribution in [3.8, 4) is 45.0 Å². The van der Waals surface area contributed by atoms with Crippen LogP contribution in [0.25, 0.3) is 45.0 Å². The Labute approximate surface area is 416 Å². The van der Waals surface area contributed by atoms with Gasteiger partial charge in [-0.3, -0.25) is 9.59 Å². The van der Waals surface area contributed by atoms with Crippen LogP contribution in [0.2, 0.25) is 0 Å². The Kier molecular flexibility index (Phi) is 18.3. The summed E-state index contributed by atoms with van der Waals surface area (Å²) >= 11 is 0. The lowest BCUT2D eigenvalue weighted by atomic mass is 9.97. The van der Waals surface area contributed by atoms with Crippen LogP contribution in [0.4, 0.5) is 11.6 Å². The molecule has 0 bridgehead atoms. The molecular weight excluding hydrogens is 869 g/mol. The summed E-state index contributed by atoms with van der Waals surface area (Å²) in [5, 5.41) is 17.8. The molecule has 2 aromatic heterocycles. The molecule has 0 unspecified atom stereocenters. The predicted molar refractivity (Wildman–Crippen MR) is 286 cm³/mol. The minimum Gasteiger partial charge on any atom is -0.481 e. The third-order valence-corrected chi connectivity index (χ3v) is 14.1. The van der Waals surface area contributed by atoms with Crippen LogP contribution in [0.5, 0.6) is 0 Å². The first kappa shape index (κ1) is 51.4. The van der Waals surface area contributed by atoms with E-state index >= 15 is 0 Å². The molecule has 0 saturated heterocycles. The summed E-state index contributed by atoms with van der Waals surface area (Å²) in [6, 6.07) is 35.2. The van der Waals surface area contributed by atoms with Gasteiger partial charge in [0.15, 0.2) is 11.6 Å². The normalized spacial score (nSPS) is 15.2. The molecule has 6 aromatic rings. The molecule has 0 amide bonds. The molecule has 0 spiro atoms. The summed E-state index contributed by atoms with van der Waals surface area (Å²) in [7, 11) is 0. The van der Waals surface area contributed by atoms with E-state index in [2.05, 4.69) is 148 Å². The molecule has 2 aliphatic rings. The minimum absolute atomic E-state index is 0.261. The summed E-state index contributed by atoms with van der Waals surface area (Å²) in [5.74, 6) is 0.647. The number of hydrogen-bond acceptors (Lipinski definition) is 8. The summed E-state index contributed by atoms with van der Waals surface area (Å²) in [4.78, 5) is 47.6. The summed E-state index contributed by atoms with van der Waals surface area (Å²) < 4.78 is 0. The second-order valence-corrected chi connectivity index (χ2v) is 19.6. The van der Waals surface area contributed by atoms with Gasteiger partial charge < -0.3 is 20.0 Å². The molecule has 0 aliphatic carbocycles. The van der Waals surface area contributed by atoms with E-state index in [4.69, 9.17) is 30.1 Å². The Balaban J connectivity index is 0.000000206. The highest BCUT2D eigenvalue weighted by Gasteiger charge is 2.31. The van der Waals surface area contributed by atoms with Gasteiger partial charge in [0.1, 0.15) is 0 Å². The van der Waals surface area contributed by atoms with Gasteiger partial charge in [0, 0.05) is 60.3 Å². The molecule has 2 atom stereocenters. The van der Waals surface area contributed by atoms with E-state index in [1.807, 2.05) is 0 Å². The lowest BCUT2D eigenvalue weighted by Gasteiger charge is -2.37. The van der Waals surface area contributed by atoms with Crippen molar-refractivity contribution in [2.24, 2.45) is 0 Å². The average molecular weight is 943 g/mol. The van der Waals surface area contributed by atoms with Gasteiger partial charge in [-0.05, 0) is 91.9 Å². The Hall–Kier alpha value is -6.42. The first-order chi connectivity index (χ1) is 33.9. The molecule has 10 heteroatoms. The van der Waals surface area contributed by atoms with Crippen molar-refractivity contribution < 1.29 is 19.8 Å². The lowest BCUT2D eigenvalue weighted by Crippen LogP contribution is -2.41. The topological polar surface area (TPSA) is 133 Å². The van der Waals surface area contributed by atoms with Crippen molar-refractivity contribution in [1.82, 2.24) is 19.9 Å². The molecular formula is C60H74N6O4. The second kappa shape index (κ2) is 24.9. The van der Waals surface area contributed by atoms with Gasteiger partial charge in [-0.15, -0.1) is 0 Å². The standard InChI is InChI=1S/2C30H37N3O2/c2*1-4-25-18-19-26-30(33(25)20-8-6-5-7-9-27(34)35)32-29(24-16-12-22(3)13-17-24)28(31-26)23-14-10-21(2)11-15-23/h2*10-17,25H,4-9,18-20H2,1-3H3,(H,34,35)/t2*25-/m10/s1. The first-order valence-corrected chi connectivity index (χ1v) is 26.0. The molecule has 368 valence electrons. The highest BCUT2D eigenvalue weighted by Crippen LogP contribution is 2.39. The average Bonchev–Trinajstić information content (AvgIpc) is 3.36. The quantitative estimate of drug-likeness (QED) is 0.0713. The summed E-state index contributed by atoms with van der Waals surface area (Å²) in [5.41, 5.74) is 15.3. The number of hydrogen-bond donors (Lipinski definition) is 2. The molecule has 0 saturated carbocycles. The van der Waals surface area contributed by atoms with E-state index in [0.717, 1.165) is 171 Å². The van der Waals surface area contributed by atoms with Crippen LogP contribution in [0, 0.1) is 27.7 Å². The molecule has 2 aliphatic heterocycles. The Morgan fingerprint density at radius 2 is 0.729 bits per heavy atom. The molecule has 0 radical (unpaired) electrons. The smallest absolute Gasteiger partial charge is 0.303 e. The number of aryl methyl sites for hydroxylation is 6. The van der Waals surface area contributed by atoms with Crippen molar-refractivity contribution in [2.75, 3.05) is 22.9 Å². The van der Waals surface area contributed by atoms with Crippen molar-refractivity contribution in [2.45, 2.75) is 156 Å². The number of anilines is 2. The van der Waals surface area contributed by atoms with Crippen LogP contribution < -0.4 is 9.80 Å². The number of carboxylic acid groups (broad SMARTS) is 2. The van der Waals surface area contributed by atoms with Gasteiger partial charge in [0.2, 0.25) is 0 Å². The maximum atomic E-state index is 10.8. The molecule has 4 aromatic carbocycles. The summed E-state index contributed by atoms with van der Waals surface area (Å²) in [6.45, 7) is 14.8. The SMILES string of the molecule is CC[C@@H]1CCc2nc(-c3ccc(C)cc3)c(-c3ccc(C)cc3)nc2N1CCCCCCC(=O)O.CC[C@H]1CCc2nc(-c3ccc(C)cc3)c(-c3ccc(C)cc3)nc2N1CCCCCCC(=O)O. The van der Waals surface area contributed by atoms with Crippen molar-refractivity contribution in [1.29, 1.82) is 0 Å². The number of carbonyl (C=O) groups is 2. The van der Waals surface area contributed by atoms with E-state index in [-0.39, 0.29) is 12.8 Å². The fourth-order valence-corrected chi connectivity index (χ4v) is 9.88. The lowest BCUT2D eigenvalue weighted by molar-refractivity contribution is -0.138. The van der Waals surface area contributed by atoms with E-state index in [1.54, 1.807) is 0 Å². The molecule has 0 fully saturated rings. The van der Waals surface area contributed by atoms with Gasteiger partial charge in [0.25, 0.3) is 0 Å². The Morgan fingerprint density at radius 1 is 0.443 bits per heavy atom. The largest absolute Gasteiger partial charge is 0.481 e. The van der Waals surface area contributed by atoms with Crippen LogP contribution in [0.3, 0.4) is 0 Å². The molecule has 4 heterocycles. The van der Waals surface area contributed by atoms with E-state index in [0.29, 0.717) is 12.1 Å². The van der Waals surface area contributed by atoms with Gasteiger partial charge in [-0.1, -0.05) is 159 Å². The second-order valence-electron chi connectivity index (χ2n) is 19.6. The number of carboxylic acids is 2. The number of aliphatic carboxylic acids is 2. The number of fused-ring (bicyclic) bond motifs is 2. The zero-order valence-corrected chi connectivity index (χ0v) is 42.5. The van der Waals surface area contributed by atoms with E-state index in [1.165, 1.54) is 22.3 Å². The van der Waals surface area contributed by atoms with Gasteiger partial charge >= 0.3 is 11.9 Å². The van der Waals surface area contributed by atoms with Gasteiger partial charge in [-0.2, -0.15) is 0 Å². The van der Waals surface area contributed by atoms with Crippen molar-refractivity contribution >= 4 is 23.6 Å². The monoisotopic (exact) mass is 943 g/mol. The maximum Gasteiger partial charge on any atom is 0.303 e. The van der Waals surface area contributed by atoms with Crippen molar-refractivity contribution in [3.63, 3.8) is 0 Å². The molecule has 8 rings (SSSR count). The molecule has 2 N–H and O–H groups in total. The Morgan fingerprint density at radius 3 is 1.01 bits per heavy atom. The Bertz CT molecular complexity index is 2460. The van der Waals surface area contributed by atoms with E-state index < -0.39 is 11.9 Å². The molecule has 10 nitrogen and oxygen atoms in total. The van der Waals surface area contributed by atoms with Crippen LogP contribution in [-0.4, -0.2) is 67.3 Å². The predicted octanol–water partition coefficient (Wildman–Crippen LogP) is 14.0. The fourth-order valence-electron chi connectivity index (χ4n) is 9.88. The number of rotatable bonds is 20.